The molecule has 7 nitrogen and oxygen atoms in total. The van der Waals surface area contributed by atoms with Gasteiger partial charge in [0.25, 0.3) is 0 Å². The number of amides is 1. The highest BCUT2D eigenvalue weighted by atomic mass is 32.2. The van der Waals surface area contributed by atoms with Crippen LogP contribution in [0.15, 0.2) is 39.6 Å². The lowest BCUT2D eigenvalue weighted by Gasteiger charge is -2.33. The standard InChI is InChI=1S/C20H24N2O5S/c1-4-13-5-8-18(27-13)17-12-26-10-9-22(17)28(24,25)14-6-7-16-15(11-14)20(2,3)19(23)21-16/h5-8,11,17H,4,9-10,12H2,1-3H3,(H,21,23). The van der Waals surface area contributed by atoms with E-state index in [1.807, 2.05) is 19.1 Å². The summed E-state index contributed by atoms with van der Waals surface area (Å²) in [5, 5.41) is 2.81. The monoisotopic (exact) mass is 404 g/mol. The molecule has 1 unspecified atom stereocenters. The molecule has 0 radical (unpaired) electrons. The fraction of sp³-hybridized carbons (Fsp3) is 0.450. The van der Waals surface area contributed by atoms with Gasteiger partial charge in [0.15, 0.2) is 0 Å². The number of nitrogens with one attached hydrogen (secondary N) is 1. The molecule has 1 amide bonds. The number of nitrogens with zero attached hydrogens (tertiary/aromatic N) is 1. The minimum absolute atomic E-state index is 0.135. The van der Waals surface area contributed by atoms with Crippen LogP contribution >= 0.6 is 0 Å². The molecule has 0 saturated carbocycles. The summed E-state index contributed by atoms with van der Waals surface area (Å²) in [5.41, 5.74) is 0.572. The van der Waals surface area contributed by atoms with Gasteiger partial charge in [0.05, 0.1) is 23.5 Å². The molecule has 3 heterocycles. The molecular formula is C20H24N2O5S. The molecule has 1 N–H and O–H groups in total. The van der Waals surface area contributed by atoms with Crippen LogP contribution in [0, 0.1) is 0 Å². The molecule has 0 bridgehead atoms. The highest BCUT2D eigenvalue weighted by Gasteiger charge is 2.41. The van der Waals surface area contributed by atoms with Crippen LogP contribution in [0.4, 0.5) is 5.69 Å². The Hall–Kier alpha value is -2.16. The molecule has 1 atom stereocenters. The van der Waals surface area contributed by atoms with Gasteiger partial charge in [-0.25, -0.2) is 8.42 Å². The number of aryl methyl sites for hydroxylation is 1. The van der Waals surface area contributed by atoms with Gasteiger partial charge in [-0.1, -0.05) is 6.92 Å². The summed E-state index contributed by atoms with van der Waals surface area (Å²) in [7, 11) is -3.79. The van der Waals surface area contributed by atoms with E-state index in [2.05, 4.69) is 5.32 Å². The van der Waals surface area contributed by atoms with Crippen molar-refractivity contribution in [2.75, 3.05) is 25.1 Å². The first kappa shape index (κ1) is 19.2. The molecule has 1 aromatic carbocycles. The maximum atomic E-state index is 13.5. The van der Waals surface area contributed by atoms with E-state index in [0.717, 1.165) is 12.2 Å². The Morgan fingerprint density at radius 3 is 2.75 bits per heavy atom. The molecule has 2 aromatic rings. The fourth-order valence-electron chi connectivity index (χ4n) is 3.71. The van der Waals surface area contributed by atoms with Crippen molar-refractivity contribution >= 4 is 21.6 Å². The summed E-state index contributed by atoms with van der Waals surface area (Å²) >= 11 is 0. The quantitative estimate of drug-likeness (QED) is 0.846. The minimum Gasteiger partial charge on any atom is -0.464 e. The van der Waals surface area contributed by atoms with Crippen LogP contribution in [0.3, 0.4) is 0 Å². The lowest BCUT2D eigenvalue weighted by Crippen LogP contribution is -2.43. The average Bonchev–Trinajstić information content (AvgIpc) is 3.25. The minimum atomic E-state index is -3.79. The van der Waals surface area contributed by atoms with Crippen molar-refractivity contribution in [1.82, 2.24) is 4.31 Å². The van der Waals surface area contributed by atoms with Crippen LogP contribution in [0.5, 0.6) is 0 Å². The number of fused-ring (bicyclic) bond motifs is 1. The lowest BCUT2D eigenvalue weighted by atomic mass is 9.86. The number of ether oxygens (including phenoxy) is 1. The topological polar surface area (TPSA) is 88.8 Å². The van der Waals surface area contributed by atoms with Crippen LogP contribution in [-0.2, 0) is 31.4 Å². The molecule has 0 spiro atoms. The molecule has 1 aromatic heterocycles. The number of hydrogen-bond donors (Lipinski definition) is 1. The molecule has 150 valence electrons. The number of carbonyl (C=O) groups is 1. The van der Waals surface area contributed by atoms with Crippen LogP contribution in [-0.4, -0.2) is 38.4 Å². The van der Waals surface area contributed by atoms with Gasteiger partial charge < -0.3 is 14.5 Å². The first-order chi connectivity index (χ1) is 13.2. The highest BCUT2D eigenvalue weighted by Crippen LogP contribution is 2.40. The van der Waals surface area contributed by atoms with E-state index in [4.69, 9.17) is 9.15 Å². The average molecular weight is 404 g/mol. The second-order valence-corrected chi connectivity index (χ2v) is 9.54. The Morgan fingerprint density at radius 1 is 1.25 bits per heavy atom. The van der Waals surface area contributed by atoms with Gasteiger partial charge in [-0.15, -0.1) is 0 Å². The number of benzene rings is 1. The second-order valence-electron chi connectivity index (χ2n) is 7.65. The number of furan rings is 1. The Morgan fingerprint density at radius 2 is 2.04 bits per heavy atom. The van der Waals surface area contributed by atoms with Gasteiger partial charge in [-0.3, -0.25) is 4.79 Å². The van der Waals surface area contributed by atoms with Crippen LogP contribution in [0.2, 0.25) is 0 Å². The molecule has 1 fully saturated rings. The third-order valence-electron chi connectivity index (χ3n) is 5.53. The zero-order chi connectivity index (χ0) is 20.1. The van der Waals surface area contributed by atoms with Crippen LogP contribution in [0.25, 0.3) is 0 Å². The summed E-state index contributed by atoms with van der Waals surface area (Å²) in [4.78, 5) is 12.4. The maximum Gasteiger partial charge on any atom is 0.243 e. The first-order valence-electron chi connectivity index (χ1n) is 9.39. The van der Waals surface area contributed by atoms with E-state index in [9.17, 15) is 13.2 Å². The van der Waals surface area contributed by atoms with Crippen LogP contribution in [0.1, 0.15) is 43.9 Å². The van der Waals surface area contributed by atoms with Gasteiger partial charge in [0, 0.05) is 18.7 Å². The number of carbonyl (C=O) groups excluding carboxylic acids is 1. The smallest absolute Gasteiger partial charge is 0.243 e. The Labute approximate surface area is 164 Å². The Bertz CT molecular complexity index is 1020. The largest absolute Gasteiger partial charge is 0.464 e. The summed E-state index contributed by atoms with van der Waals surface area (Å²) in [6, 6.07) is 7.97. The molecular weight excluding hydrogens is 380 g/mol. The Kier molecular flexibility index (Phi) is 4.60. The molecule has 28 heavy (non-hydrogen) atoms. The predicted octanol–water partition coefficient (Wildman–Crippen LogP) is 2.83. The zero-order valence-electron chi connectivity index (χ0n) is 16.2. The van der Waals surface area contributed by atoms with E-state index >= 15 is 0 Å². The van der Waals surface area contributed by atoms with Gasteiger partial charge in [0.1, 0.15) is 17.6 Å². The molecule has 8 heteroatoms. The third-order valence-corrected chi connectivity index (χ3v) is 7.43. The van der Waals surface area contributed by atoms with Gasteiger partial charge in [-0.05, 0) is 49.7 Å². The van der Waals surface area contributed by atoms with E-state index in [1.54, 1.807) is 32.0 Å². The molecule has 0 aliphatic carbocycles. The van der Waals surface area contributed by atoms with Gasteiger partial charge in [-0.2, -0.15) is 4.31 Å². The van der Waals surface area contributed by atoms with Crippen molar-refractivity contribution in [2.45, 2.75) is 43.5 Å². The first-order valence-corrected chi connectivity index (χ1v) is 10.8. The van der Waals surface area contributed by atoms with Crippen molar-refractivity contribution in [3.63, 3.8) is 0 Å². The number of hydrogen-bond acceptors (Lipinski definition) is 5. The fourth-order valence-corrected chi connectivity index (χ4v) is 5.30. The van der Waals surface area contributed by atoms with E-state index in [-0.39, 0.29) is 24.0 Å². The number of anilines is 1. The van der Waals surface area contributed by atoms with Crippen molar-refractivity contribution < 1.29 is 22.4 Å². The number of sulfonamides is 1. The third kappa shape index (κ3) is 2.96. The summed E-state index contributed by atoms with van der Waals surface area (Å²) in [6.45, 7) is 6.37. The predicted molar refractivity (Wildman–Crippen MR) is 104 cm³/mol. The molecule has 2 aliphatic heterocycles. The summed E-state index contributed by atoms with van der Waals surface area (Å²) in [6.07, 6.45) is 0.737. The van der Waals surface area contributed by atoms with Crippen molar-refractivity contribution in [3.05, 3.63) is 47.4 Å². The SMILES string of the molecule is CCc1ccc(C2COCCN2S(=O)(=O)c2ccc3c(c2)C(C)(C)C(=O)N3)o1. The second kappa shape index (κ2) is 6.72. The lowest BCUT2D eigenvalue weighted by molar-refractivity contribution is -0.119. The number of rotatable bonds is 4. The van der Waals surface area contributed by atoms with Gasteiger partial charge >= 0.3 is 0 Å². The normalized spacial score (nSPS) is 22.1. The van der Waals surface area contributed by atoms with Gasteiger partial charge in [0.2, 0.25) is 15.9 Å². The Balaban J connectivity index is 1.73. The summed E-state index contributed by atoms with van der Waals surface area (Å²) < 4.78 is 39.7. The van der Waals surface area contributed by atoms with Crippen LogP contribution < -0.4 is 5.32 Å². The molecule has 1 saturated heterocycles. The maximum absolute atomic E-state index is 13.5. The highest BCUT2D eigenvalue weighted by molar-refractivity contribution is 7.89. The van der Waals surface area contributed by atoms with Crippen molar-refractivity contribution in [3.8, 4) is 0 Å². The zero-order valence-corrected chi connectivity index (χ0v) is 17.0. The summed E-state index contributed by atoms with van der Waals surface area (Å²) in [5.74, 6) is 1.25. The van der Waals surface area contributed by atoms with Crippen molar-refractivity contribution in [2.24, 2.45) is 0 Å². The molecule has 2 aliphatic rings. The van der Waals surface area contributed by atoms with E-state index in [1.165, 1.54) is 4.31 Å². The van der Waals surface area contributed by atoms with Crippen molar-refractivity contribution in [1.29, 1.82) is 0 Å². The van der Waals surface area contributed by atoms with E-state index in [0.29, 0.717) is 23.6 Å². The van der Waals surface area contributed by atoms with E-state index < -0.39 is 21.5 Å². The molecule has 4 rings (SSSR count). The number of morpholine rings is 1.